The predicted molar refractivity (Wildman–Crippen MR) is 97.4 cm³/mol. The van der Waals surface area contributed by atoms with Crippen LogP contribution in [0.3, 0.4) is 0 Å². The molecule has 2 fully saturated rings. The van der Waals surface area contributed by atoms with Gasteiger partial charge in [0.05, 0.1) is 6.04 Å². The van der Waals surface area contributed by atoms with Gasteiger partial charge in [-0.3, -0.25) is 9.69 Å². The molecule has 2 aliphatic rings. The van der Waals surface area contributed by atoms with Gasteiger partial charge in [-0.15, -0.1) is 0 Å². The molecule has 2 N–H and O–H groups in total. The Balaban J connectivity index is 1.57. The van der Waals surface area contributed by atoms with E-state index < -0.39 is 6.04 Å². The maximum Gasteiger partial charge on any atom is 0.240 e. The minimum Gasteiger partial charge on any atom is -0.341 e. The van der Waals surface area contributed by atoms with Gasteiger partial charge in [0.2, 0.25) is 5.91 Å². The van der Waals surface area contributed by atoms with Gasteiger partial charge in [-0.1, -0.05) is 51.1 Å². The Morgan fingerprint density at radius 3 is 2.67 bits per heavy atom. The SMILES string of the molecule is CN(C(=O)[C@@H](N)C(C)(C)C)[C@H]1C[C@@]12CCN(Cc1ccccc1)C2. The molecule has 0 radical (unpaired) electrons. The molecular formula is C20H31N3O. The second-order valence-electron chi connectivity index (χ2n) is 8.82. The number of likely N-dealkylation sites (N-methyl/N-ethyl adjacent to an activating group) is 1. The van der Waals surface area contributed by atoms with Crippen molar-refractivity contribution in [1.82, 2.24) is 9.80 Å². The zero-order valence-electron chi connectivity index (χ0n) is 15.5. The molecule has 1 aromatic rings. The quantitative estimate of drug-likeness (QED) is 0.923. The van der Waals surface area contributed by atoms with E-state index in [2.05, 4.69) is 35.2 Å². The minimum atomic E-state index is -0.429. The van der Waals surface area contributed by atoms with Crippen molar-refractivity contribution in [3.05, 3.63) is 35.9 Å². The van der Waals surface area contributed by atoms with E-state index >= 15 is 0 Å². The third-order valence-electron chi connectivity index (χ3n) is 5.87. The lowest BCUT2D eigenvalue weighted by molar-refractivity contribution is -0.134. The van der Waals surface area contributed by atoms with E-state index in [1.165, 1.54) is 12.0 Å². The molecule has 1 aliphatic carbocycles. The Labute approximate surface area is 146 Å². The molecule has 4 nitrogen and oxygen atoms in total. The second-order valence-corrected chi connectivity index (χ2v) is 8.82. The van der Waals surface area contributed by atoms with E-state index in [9.17, 15) is 4.79 Å². The number of nitrogens with two attached hydrogens (primary N) is 1. The molecule has 1 amide bonds. The highest BCUT2D eigenvalue weighted by Crippen LogP contribution is 2.55. The average molecular weight is 329 g/mol. The molecule has 3 atom stereocenters. The number of likely N-dealkylation sites (tertiary alicyclic amines) is 1. The van der Waals surface area contributed by atoms with Crippen LogP contribution in [0.4, 0.5) is 0 Å². The Morgan fingerprint density at radius 1 is 1.38 bits per heavy atom. The molecule has 132 valence electrons. The van der Waals surface area contributed by atoms with Gasteiger partial charge >= 0.3 is 0 Å². The van der Waals surface area contributed by atoms with E-state index in [0.29, 0.717) is 11.5 Å². The summed E-state index contributed by atoms with van der Waals surface area (Å²) in [4.78, 5) is 17.1. The predicted octanol–water partition coefficient (Wildman–Crippen LogP) is 2.48. The third-order valence-corrected chi connectivity index (χ3v) is 5.87. The largest absolute Gasteiger partial charge is 0.341 e. The summed E-state index contributed by atoms with van der Waals surface area (Å²) < 4.78 is 0. The Kier molecular flexibility index (Phi) is 4.47. The van der Waals surface area contributed by atoms with Crippen molar-refractivity contribution < 1.29 is 4.79 Å². The van der Waals surface area contributed by atoms with Crippen LogP contribution in [0.25, 0.3) is 0 Å². The Bertz CT molecular complexity index is 595. The summed E-state index contributed by atoms with van der Waals surface area (Å²) in [5.41, 5.74) is 7.65. The highest BCUT2D eigenvalue weighted by molar-refractivity contribution is 5.83. The van der Waals surface area contributed by atoms with Gasteiger partial charge in [-0.2, -0.15) is 0 Å². The Morgan fingerprint density at radius 2 is 2.04 bits per heavy atom. The summed E-state index contributed by atoms with van der Waals surface area (Å²) in [6, 6.07) is 10.6. The van der Waals surface area contributed by atoms with Crippen LogP contribution >= 0.6 is 0 Å². The number of carbonyl (C=O) groups is 1. The fourth-order valence-corrected chi connectivity index (χ4v) is 4.02. The molecule has 1 saturated heterocycles. The molecule has 1 aromatic carbocycles. The lowest BCUT2D eigenvalue weighted by Gasteiger charge is -2.31. The molecule has 4 heteroatoms. The van der Waals surface area contributed by atoms with Gasteiger partial charge < -0.3 is 10.6 Å². The van der Waals surface area contributed by atoms with Crippen molar-refractivity contribution in [3.8, 4) is 0 Å². The number of carbonyl (C=O) groups excluding carboxylic acids is 1. The highest BCUT2D eigenvalue weighted by Gasteiger charge is 2.60. The van der Waals surface area contributed by atoms with Crippen molar-refractivity contribution in [1.29, 1.82) is 0 Å². The van der Waals surface area contributed by atoms with Crippen LogP contribution in [-0.2, 0) is 11.3 Å². The lowest BCUT2D eigenvalue weighted by Crippen LogP contribution is -2.50. The summed E-state index contributed by atoms with van der Waals surface area (Å²) in [6.07, 6.45) is 2.31. The number of hydrogen-bond donors (Lipinski definition) is 1. The maximum absolute atomic E-state index is 12.7. The van der Waals surface area contributed by atoms with Crippen molar-refractivity contribution in [2.24, 2.45) is 16.6 Å². The van der Waals surface area contributed by atoms with Gasteiger partial charge in [0.1, 0.15) is 0 Å². The molecule has 0 unspecified atom stereocenters. The first-order chi connectivity index (χ1) is 11.2. The van der Waals surface area contributed by atoms with Crippen LogP contribution in [0.15, 0.2) is 30.3 Å². The van der Waals surface area contributed by atoms with E-state index in [0.717, 1.165) is 26.1 Å². The molecule has 24 heavy (non-hydrogen) atoms. The number of nitrogens with zero attached hydrogens (tertiary/aromatic N) is 2. The van der Waals surface area contributed by atoms with Crippen LogP contribution in [-0.4, -0.2) is 47.9 Å². The molecular weight excluding hydrogens is 298 g/mol. The first-order valence-corrected chi connectivity index (χ1v) is 9.01. The van der Waals surface area contributed by atoms with Crippen LogP contribution < -0.4 is 5.73 Å². The number of rotatable bonds is 4. The number of amides is 1. The zero-order chi connectivity index (χ0) is 17.5. The summed E-state index contributed by atoms with van der Waals surface area (Å²) in [5, 5.41) is 0. The number of hydrogen-bond acceptors (Lipinski definition) is 3. The highest BCUT2D eigenvalue weighted by atomic mass is 16.2. The van der Waals surface area contributed by atoms with Crippen LogP contribution in [0.2, 0.25) is 0 Å². The normalized spacial score (nSPS) is 28.1. The van der Waals surface area contributed by atoms with Gasteiger partial charge in [-0.25, -0.2) is 0 Å². The third kappa shape index (κ3) is 3.35. The van der Waals surface area contributed by atoms with Crippen molar-refractivity contribution >= 4 is 5.91 Å². The van der Waals surface area contributed by atoms with Gasteiger partial charge in [-0.05, 0) is 30.4 Å². The molecule has 3 rings (SSSR count). The van der Waals surface area contributed by atoms with E-state index in [-0.39, 0.29) is 11.3 Å². The molecule has 1 saturated carbocycles. The summed E-state index contributed by atoms with van der Waals surface area (Å²) >= 11 is 0. The standard InChI is InChI=1S/C20H31N3O/c1-19(2,3)17(21)18(24)22(4)16-12-20(16)10-11-23(14-20)13-15-8-6-5-7-9-15/h5-9,16-17H,10-14,21H2,1-4H3/t16-,17+,20+/m0/s1. The molecule has 1 heterocycles. The van der Waals surface area contributed by atoms with E-state index in [4.69, 9.17) is 5.73 Å². The van der Waals surface area contributed by atoms with Gasteiger partial charge in [0.25, 0.3) is 0 Å². The molecule has 1 aliphatic heterocycles. The van der Waals surface area contributed by atoms with Crippen LogP contribution in [0.1, 0.15) is 39.2 Å². The van der Waals surface area contributed by atoms with Crippen molar-refractivity contribution in [2.75, 3.05) is 20.1 Å². The maximum atomic E-state index is 12.7. The smallest absolute Gasteiger partial charge is 0.240 e. The van der Waals surface area contributed by atoms with Crippen molar-refractivity contribution in [3.63, 3.8) is 0 Å². The minimum absolute atomic E-state index is 0.0888. The van der Waals surface area contributed by atoms with Gasteiger partial charge in [0, 0.05) is 31.6 Å². The zero-order valence-corrected chi connectivity index (χ0v) is 15.5. The van der Waals surface area contributed by atoms with E-state index in [1.807, 2.05) is 32.7 Å². The van der Waals surface area contributed by atoms with Crippen molar-refractivity contribution in [2.45, 2.75) is 52.2 Å². The van der Waals surface area contributed by atoms with E-state index in [1.54, 1.807) is 0 Å². The Hall–Kier alpha value is -1.39. The van der Waals surface area contributed by atoms with Gasteiger partial charge in [0.15, 0.2) is 0 Å². The lowest BCUT2D eigenvalue weighted by atomic mass is 9.86. The first kappa shape index (κ1) is 17.4. The topological polar surface area (TPSA) is 49.6 Å². The first-order valence-electron chi connectivity index (χ1n) is 9.01. The summed E-state index contributed by atoms with van der Waals surface area (Å²) in [6.45, 7) is 9.32. The molecule has 0 bridgehead atoms. The summed E-state index contributed by atoms with van der Waals surface area (Å²) in [5.74, 6) is 0.0888. The fourth-order valence-electron chi connectivity index (χ4n) is 4.02. The fraction of sp³-hybridized carbons (Fsp3) is 0.650. The van der Waals surface area contributed by atoms with Crippen LogP contribution in [0.5, 0.6) is 0 Å². The summed E-state index contributed by atoms with van der Waals surface area (Å²) in [7, 11) is 1.94. The number of benzene rings is 1. The molecule has 1 spiro atoms. The molecule has 0 aromatic heterocycles. The van der Waals surface area contributed by atoms with Crippen LogP contribution in [0, 0.1) is 10.8 Å². The average Bonchev–Trinajstić information content (AvgIpc) is 3.09. The second kappa shape index (κ2) is 6.16. The monoisotopic (exact) mass is 329 g/mol.